The van der Waals surface area contributed by atoms with Crippen molar-refractivity contribution in [3.63, 3.8) is 0 Å². The largest absolute Gasteiger partial charge is 0.356 e. The number of aliphatic imine (C=N–C) groups is 1. The summed E-state index contributed by atoms with van der Waals surface area (Å²) in [6, 6.07) is 15.0. The summed E-state index contributed by atoms with van der Waals surface area (Å²) in [4.78, 5) is 4.17. The molecule has 2 rings (SSSR count). The second kappa shape index (κ2) is 10.2. The average molecular weight is 427 g/mol. The number of nitrogens with one attached hydrogen (secondary N) is 2. The Balaban J connectivity index is 0.00000264. The zero-order chi connectivity index (χ0) is 15.8. The second-order valence-corrected chi connectivity index (χ2v) is 5.22. The molecule has 0 aliphatic heterocycles. The third-order valence-electron chi connectivity index (χ3n) is 3.36. The minimum Gasteiger partial charge on any atom is -0.356 e. The Morgan fingerprint density at radius 2 is 1.78 bits per heavy atom. The summed E-state index contributed by atoms with van der Waals surface area (Å²) in [5.41, 5.74) is 3.46. The maximum Gasteiger partial charge on any atom is 0.191 e. The molecular formula is C18H23FIN3. The first-order valence-corrected chi connectivity index (χ1v) is 7.42. The van der Waals surface area contributed by atoms with Gasteiger partial charge in [0, 0.05) is 20.1 Å². The van der Waals surface area contributed by atoms with Crippen molar-refractivity contribution in [3.05, 3.63) is 71.0 Å². The lowest BCUT2D eigenvalue weighted by Crippen LogP contribution is -2.37. The van der Waals surface area contributed by atoms with E-state index in [1.54, 1.807) is 13.1 Å². The summed E-state index contributed by atoms with van der Waals surface area (Å²) in [5, 5.41) is 6.45. The van der Waals surface area contributed by atoms with Crippen LogP contribution in [0, 0.1) is 12.7 Å². The van der Waals surface area contributed by atoms with E-state index in [4.69, 9.17) is 0 Å². The van der Waals surface area contributed by atoms with Crippen LogP contribution in [-0.2, 0) is 13.0 Å². The molecule has 0 heterocycles. The van der Waals surface area contributed by atoms with Gasteiger partial charge in [0.1, 0.15) is 5.82 Å². The highest BCUT2D eigenvalue weighted by Gasteiger charge is 2.00. The van der Waals surface area contributed by atoms with E-state index in [2.05, 4.69) is 46.8 Å². The van der Waals surface area contributed by atoms with Gasteiger partial charge in [0.05, 0.1) is 0 Å². The monoisotopic (exact) mass is 427 g/mol. The van der Waals surface area contributed by atoms with Crippen LogP contribution >= 0.6 is 24.0 Å². The lowest BCUT2D eigenvalue weighted by atomic mass is 10.1. The molecule has 0 unspecified atom stereocenters. The van der Waals surface area contributed by atoms with E-state index < -0.39 is 0 Å². The third kappa shape index (κ3) is 6.99. The Labute approximate surface area is 154 Å². The van der Waals surface area contributed by atoms with Crippen molar-refractivity contribution < 1.29 is 4.39 Å². The van der Waals surface area contributed by atoms with Crippen molar-refractivity contribution in [2.45, 2.75) is 19.9 Å². The Bertz CT molecular complexity index is 644. The van der Waals surface area contributed by atoms with E-state index in [1.165, 1.54) is 23.3 Å². The van der Waals surface area contributed by atoms with Crippen molar-refractivity contribution in [3.8, 4) is 0 Å². The number of benzene rings is 2. The highest BCUT2D eigenvalue weighted by atomic mass is 127. The SMILES string of the molecule is CN=C(NCCc1cccc(C)c1)NCc1cccc(F)c1.I. The topological polar surface area (TPSA) is 36.4 Å². The van der Waals surface area contributed by atoms with Crippen LogP contribution in [0.25, 0.3) is 0 Å². The van der Waals surface area contributed by atoms with Gasteiger partial charge in [-0.2, -0.15) is 0 Å². The fourth-order valence-electron chi connectivity index (χ4n) is 2.25. The first-order chi connectivity index (χ1) is 10.7. The summed E-state index contributed by atoms with van der Waals surface area (Å²) in [6.07, 6.45) is 0.933. The van der Waals surface area contributed by atoms with Gasteiger partial charge in [0.15, 0.2) is 5.96 Å². The molecule has 0 aliphatic carbocycles. The maximum absolute atomic E-state index is 13.1. The van der Waals surface area contributed by atoms with E-state index in [0.717, 1.165) is 24.5 Å². The average Bonchev–Trinajstić information content (AvgIpc) is 2.51. The molecule has 0 amide bonds. The van der Waals surface area contributed by atoms with Gasteiger partial charge in [-0.1, -0.05) is 42.0 Å². The summed E-state index contributed by atoms with van der Waals surface area (Å²) < 4.78 is 13.1. The van der Waals surface area contributed by atoms with Gasteiger partial charge in [-0.05, 0) is 36.6 Å². The summed E-state index contributed by atoms with van der Waals surface area (Å²) >= 11 is 0. The molecule has 0 aromatic heterocycles. The van der Waals surface area contributed by atoms with Gasteiger partial charge in [-0.25, -0.2) is 4.39 Å². The fraction of sp³-hybridized carbons (Fsp3) is 0.278. The Kier molecular flexibility index (Phi) is 8.61. The number of hydrogen-bond acceptors (Lipinski definition) is 1. The molecule has 5 heteroatoms. The molecule has 0 spiro atoms. The molecular weight excluding hydrogens is 404 g/mol. The lowest BCUT2D eigenvalue weighted by Gasteiger charge is -2.12. The van der Waals surface area contributed by atoms with Crippen molar-refractivity contribution in [1.82, 2.24) is 10.6 Å². The molecule has 23 heavy (non-hydrogen) atoms. The molecule has 0 radical (unpaired) electrons. The zero-order valence-electron chi connectivity index (χ0n) is 13.5. The van der Waals surface area contributed by atoms with Crippen molar-refractivity contribution >= 4 is 29.9 Å². The molecule has 0 bridgehead atoms. The van der Waals surface area contributed by atoms with Crippen molar-refractivity contribution in [2.24, 2.45) is 4.99 Å². The highest BCUT2D eigenvalue weighted by molar-refractivity contribution is 14.0. The first-order valence-electron chi connectivity index (χ1n) is 7.42. The molecule has 0 fully saturated rings. The molecule has 3 nitrogen and oxygen atoms in total. The van der Waals surface area contributed by atoms with Gasteiger partial charge < -0.3 is 10.6 Å². The van der Waals surface area contributed by atoms with Gasteiger partial charge in [0.2, 0.25) is 0 Å². The maximum atomic E-state index is 13.1. The lowest BCUT2D eigenvalue weighted by molar-refractivity contribution is 0.624. The minimum absolute atomic E-state index is 0. The highest BCUT2D eigenvalue weighted by Crippen LogP contribution is 2.04. The molecule has 0 atom stereocenters. The molecule has 0 saturated heterocycles. The number of rotatable bonds is 5. The number of halogens is 2. The standard InChI is InChI=1S/C18H22FN3.HI/c1-14-5-3-6-15(11-14)9-10-21-18(20-2)22-13-16-7-4-8-17(19)12-16;/h3-8,11-12H,9-10,13H2,1-2H3,(H2,20,21,22);1H. The summed E-state index contributed by atoms with van der Waals surface area (Å²) in [6.45, 7) is 3.44. The van der Waals surface area contributed by atoms with Crippen molar-refractivity contribution in [2.75, 3.05) is 13.6 Å². The molecule has 0 saturated carbocycles. The van der Waals surface area contributed by atoms with Crippen LogP contribution in [-0.4, -0.2) is 19.6 Å². The minimum atomic E-state index is -0.221. The molecule has 2 aromatic carbocycles. The van der Waals surface area contributed by atoms with Crippen LogP contribution in [0.15, 0.2) is 53.5 Å². The molecule has 0 aliphatic rings. The predicted octanol–water partition coefficient (Wildman–Crippen LogP) is 3.66. The number of guanidine groups is 1. The van der Waals surface area contributed by atoms with E-state index in [-0.39, 0.29) is 29.8 Å². The van der Waals surface area contributed by atoms with E-state index in [9.17, 15) is 4.39 Å². The van der Waals surface area contributed by atoms with Crippen LogP contribution in [0.1, 0.15) is 16.7 Å². The van der Waals surface area contributed by atoms with Crippen LogP contribution in [0.4, 0.5) is 4.39 Å². The summed E-state index contributed by atoms with van der Waals surface area (Å²) in [5.74, 6) is 0.499. The smallest absolute Gasteiger partial charge is 0.191 e. The van der Waals surface area contributed by atoms with E-state index in [1.807, 2.05) is 6.07 Å². The van der Waals surface area contributed by atoms with E-state index in [0.29, 0.717) is 6.54 Å². The zero-order valence-corrected chi connectivity index (χ0v) is 15.8. The van der Waals surface area contributed by atoms with Gasteiger partial charge >= 0.3 is 0 Å². The summed E-state index contributed by atoms with van der Waals surface area (Å²) in [7, 11) is 1.73. The van der Waals surface area contributed by atoms with Gasteiger partial charge in [-0.3, -0.25) is 4.99 Å². The molecule has 2 N–H and O–H groups in total. The Hall–Kier alpha value is -1.63. The van der Waals surface area contributed by atoms with E-state index >= 15 is 0 Å². The Morgan fingerprint density at radius 1 is 1.04 bits per heavy atom. The predicted molar refractivity (Wildman–Crippen MR) is 105 cm³/mol. The first kappa shape index (κ1) is 19.4. The van der Waals surface area contributed by atoms with Crippen molar-refractivity contribution in [1.29, 1.82) is 0 Å². The molecule has 2 aromatic rings. The fourth-order valence-corrected chi connectivity index (χ4v) is 2.25. The molecule has 124 valence electrons. The number of aryl methyl sites for hydroxylation is 1. The number of nitrogens with zero attached hydrogens (tertiary/aromatic N) is 1. The van der Waals surface area contributed by atoms with Crippen LogP contribution in [0.5, 0.6) is 0 Å². The van der Waals surface area contributed by atoms with Gasteiger partial charge in [-0.15, -0.1) is 24.0 Å². The van der Waals surface area contributed by atoms with Crippen LogP contribution in [0.2, 0.25) is 0 Å². The quantitative estimate of drug-likeness (QED) is 0.434. The van der Waals surface area contributed by atoms with Gasteiger partial charge in [0.25, 0.3) is 0 Å². The normalized spacial score (nSPS) is 10.8. The second-order valence-electron chi connectivity index (χ2n) is 5.22. The van der Waals surface area contributed by atoms with Crippen LogP contribution < -0.4 is 10.6 Å². The number of hydrogen-bond donors (Lipinski definition) is 2. The third-order valence-corrected chi connectivity index (χ3v) is 3.36. The van der Waals surface area contributed by atoms with Crippen LogP contribution in [0.3, 0.4) is 0 Å². The Morgan fingerprint density at radius 3 is 2.48 bits per heavy atom.